The summed E-state index contributed by atoms with van der Waals surface area (Å²) in [5.74, 6) is 0.425. The highest BCUT2D eigenvalue weighted by atomic mass is 16.5. The van der Waals surface area contributed by atoms with Crippen molar-refractivity contribution in [3.63, 3.8) is 0 Å². The molecule has 0 radical (unpaired) electrons. The highest BCUT2D eigenvalue weighted by molar-refractivity contribution is 5.66. The lowest BCUT2D eigenvalue weighted by Gasteiger charge is -2.52. The minimum absolute atomic E-state index is 0.133. The van der Waals surface area contributed by atoms with Crippen molar-refractivity contribution in [2.24, 2.45) is 17.3 Å². The Labute approximate surface area is 122 Å². The molecule has 2 aliphatic carbocycles. The van der Waals surface area contributed by atoms with E-state index in [1.807, 2.05) is 13.8 Å². The molecule has 4 atom stereocenters. The molecule has 2 saturated carbocycles. The average molecular weight is 280 g/mol. The van der Waals surface area contributed by atoms with Crippen LogP contribution in [0.1, 0.15) is 59.8 Å². The molecular formula is C17H28O3. The molecule has 0 heterocycles. The Balaban J connectivity index is 2.16. The molecule has 3 heteroatoms. The summed E-state index contributed by atoms with van der Waals surface area (Å²) in [6, 6.07) is 0. The van der Waals surface area contributed by atoms with Gasteiger partial charge in [-0.3, -0.25) is 4.79 Å². The van der Waals surface area contributed by atoms with E-state index in [0.29, 0.717) is 11.8 Å². The van der Waals surface area contributed by atoms with Gasteiger partial charge in [-0.15, -0.1) is 0 Å². The Morgan fingerprint density at radius 2 is 2.00 bits per heavy atom. The van der Waals surface area contributed by atoms with E-state index in [1.54, 1.807) is 0 Å². The fourth-order valence-electron chi connectivity index (χ4n) is 4.11. The number of hydrogen-bond donors (Lipinski definition) is 1. The van der Waals surface area contributed by atoms with Gasteiger partial charge in [-0.2, -0.15) is 0 Å². The minimum Gasteiger partial charge on any atom is -0.458 e. The topological polar surface area (TPSA) is 46.5 Å². The van der Waals surface area contributed by atoms with Crippen LogP contribution in [0.5, 0.6) is 0 Å². The zero-order valence-electron chi connectivity index (χ0n) is 13.2. The molecule has 2 rings (SSSR count). The van der Waals surface area contributed by atoms with Gasteiger partial charge >= 0.3 is 5.97 Å². The first kappa shape index (κ1) is 15.6. The van der Waals surface area contributed by atoms with E-state index in [0.717, 1.165) is 37.7 Å². The van der Waals surface area contributed by atoms with Crippen LogP contribution in [0, 0.1) is 17.3 Å². The third kappa shape index (κ3) is 2.93. The van der Waals surface area contributed by atoms with Crippen molar-refractivity contribution < 1.29 is 14.6 Å². The highest BCUT2D eigenvalue weighted by Crippen LogP contribution is 2.55. The molecule has 2 fully saturated rings. The first-order chi connectivity index (χ1) is 9.13. The van der Waals surface area contributed by atoms with Gasteiger partial charge in [0.25, 0.3) is 0 Å². The lowest BCUT2D eigenvalue weighted by Crippen LogP contribution is -2.47. The lowest BCUT2D eigenvalue weighted by molar-refractivity contribution is -0.148. The molecule has 0 aromatic carbocycles. The van der Waals surface area contributed by atoms with Crippen LogP contribution >= 0.6 is 0 Å². The summed E-state index contributed by atoms with van der Waals surface area (Å²) in [5, 5.41) is 10.3. The predicted octanol–water partition coefficient (Wildman–Crippen LogP) is 3.46. The summed E-state index contributed by atoms with van der Waals surface area (Å²) in [6.45, 7) is 11.8. The molecule has 114 valence electrons. The normalized spacial score (nSPS) is 38.2. The van der Waals surface area contributed by atoms with Crippen LogP contribution < -0.4 is 0 Å². The van der Waals surface area contributed by atoms with Crippen LogP contribution in [0.3, 0.4) is 0 Å². The number of rotatable bonds is 2. The number of fused-ring (bicyclic) bond motifs is 1. The van der Waals surface area contributed by atoms with Crippen molar-refractivity contribution in [2.75, 3.05) is 0 Å². The van der Waals surface area contributed by atoms with Crippen molar-refractivity contribution in [3.8, 4) is 0 Å². The van der Waals surface area contributed by atoms with Gasteiger partial charge in [0.15, 0.2) is 0 Å². The van der Waals surface area contributed by atoms with Gasteiger partial charge in [0.1, 0.15) is 6.10 Å². The Morgan fingerprint density at radius 1 is 1.40 bits per heavy atom. The van der Waals surface area contributed by atoms with Crippen molar-refractivity contribution in [3.05, 3.63) is 12.2 Å². The monoisotopic (exact) mass is 280 g/mol. The van der Waals surface area contributed by atoms with Gasteiger partial charge in [-0.25, -0.2) is 0 Å². The molecule has 1 N–H and O–H groups in total. The van der Waals surface area contributed by atoms with Gasteiger partial charge in [-0.1, -0.05) is 13.5 Å². The molecular weight excluding hydrogens is 252 g/mol. The summed E-state index contributed by atoms with van der Waals surface area (Å²) in [6.07, 6.45) is 4.98. The van der Waals surface area contributed by atoms with E-state index >= 15 is 0 Å². The summed E-state index contributed by atoms with van der Waals surface area (Å²) >= 11 is 0. The number of ether oxygens (including phenoxy) is 1. The molecule has 0 aromatic rings. The van der Waals surface area contributed by atoms with Crippen molar-refractivity contribution in [1.29, 1.82) is 0 Å². The maximum atomic E-state index is 11.2. The third-order valence-corrected chi connectivity index (χ3v) is 5.57. The minimum atomic E-state index is -0.643. The fraction of sp³-hybridized carbons (Fsp3) is 0.824. The number of aliphatic hydroxyl groups is 1. The molecule has 0 unspecified atom stereocenters. The van der Waals surface area contributed by atoms with E-state index in [4.69, 9.17) is 4.74 Å². The Kier molecular flexibility index (Phi) is 4.03. The van der Waals surface area contributed by atoms with Crippen molar-refractivity contribution >= 4 is 5.97 Å². The molecule has 0 bridgehead atoms. The largest absolute Gasteiger partial charge is 0.458 e. The lowest BCUT2D eigenvalue weighted by atomic mass is 9.55. The first-order valence-corrected chi connectivity index (χ1v) is 7.72. The summed E-state index contributed by atoms with van der Waals surface area (Å²) in [4.78, 5) is 11.2. The zero-order chi connectivity index (χ0) is 15.1. The van der Waals surface area contributed by atoms with E-state index in [9.17, 15) is 9.90 Å². The maximum Gasteiger partial charge on any atom is 0.303 e. The smallest absolute Gasteiger partial charge is 0.303 e. The molecule has 0 amide bonds. The average Bonchev–Trinajstić information content (AvgIpc) is 2.31. The number of carbonyl (C=O) groups is 1. The van der Waals surface area contributed by atoms with Crippen LogP contribution in [-0.2, 0) is 9.53 Å². The van der Waals surface area contributed by atoms with Crippen molar-refractivity contribution in [2.45, 2.75) is 71.5 Å². The molecule has 2 aliphatic rings. The van der Waals surface area contributed by atoms with Crippen LogP contribution in [0.15, 0.2) is 12.2 Å². The first-order valence-electron chi connectivity index (χ1n) is 7.72. The Hall–Kier alpha value is -0.830. The van der Waals surface area contributed by atoms with Crippen molar-refractivity contribution in [1.82, 2.24) is 0 Å². The van der Waals surface area contributed by atoms with Crippen LogP contribution in [0.25, 0.3) is 0 Å². The second kappa shape index (κ2) is 5.18. The standard InChI is InChI=1S/C17H28O3/c1-11-14-10-13(16(3,4)19)6-8-17(14,5)9-7-15(11)20-12(2)18/h13-15,19H,1,6-10H2,2-5H3/t13-,14-,15+,17-/m0/s1. The van der Waals surface area contributed by atoms with Crippen LogP contribution in [0.4, 0.5) is 0 Å². The van der Waals surface area contributed by atoms with E-state index in [2.05, 4.69) is 13.5 Å². The predicted molar refractivity (Wildman–Crippen MR) is 79.2 cm³/mol. The fourth-order valence-corrected chi connectivity index (χ4v) is 4.11. The van der Waals surface area contributed by atoms with Crippen LogP contribution in [0.2, 0.25) is 0 Å². The molecule has 0 aromatic heterocycles. The van der Waals surface area contributed by atoms with E-state index < -0.39 is 5.60 Å². The molecule has 0 spiro atoms. The number of carbonyl (C=O) groups excluding carboxylic acids is 1. The van der Waals surface area contributed by atoms with E-state index in [1.165, 1.54) is 6.92 Å². The summed E-state index contributed by atoms with van der Waals surface area (Å²) in [7, 11) is 0. The zero-order valence-corrected chi connectivity index (χ0v) is 13.2. The van der Waals surface area contributed by atoms with Gasteiger partial charge in [-0.05, 0) is 68.8 Å². The second-order valence-electron chi connectivity index (χ2n) is 7.54. The SMILES string of the molecule is C=C1[C@H](OC(C)=O)CC[C@]2(C)CC[C@H](C(C)(C)O)C[C@@H]12. The molecule has 0 aliphatic heterocycles. The maximum absolute atomic E-state index is 11.2. The van der Waals surface area contributed by atoms with Crippen LogP contribution in [-0.4, -0.2) is 22.8 Å². The van der Waals surface area contributed by atoms with Gasteiger partial charge in [0.05, 0.1) is 5.60 Å². The number of hydrogen-bond acceptors (Lipinski definition) is 3. The van der Waals surface area contributed by atoms with Gasteiger partial charge in [0, 0.05) is 6.92 Å². The third-order valence-electron chi connectivity index (χ3n) is 5.57. The number of esters is 1. The summed E-state index contributed by atoms with van der Waals surface area (Å²) < 4.78 is 5.42. The molecule has 0 saturated heterocycles. The molecule has 3 nitrogen and oxygen atoms in total. The van der Waals surface area contributed by atoms with Gasteiger partial charge in [0.2, 0.25) is 0 Å². The molecule has 20 heavy (non-hydrogen) atoms. The summed E-state index contributed by atoms with van der Waals surface area (Å²) in [5.41, 5.74) is 0.675. The highest BCUT2D eigenvalue weighted by Gasteiger charge is 2.48. The Morgan fingerprint density at radius 3 is 2.55 bits per heavy atom. The quantitative estimate of drug-likeness (QED) is 0.622. The Bertz CT molecular complexity index is 407. The van der Waals surface area contributed by atoms with E-state index in [-0.39, 0.29) is 17.5 Å². The van der Waals surface area contributed by atoms with Gasteiger partial charge < -0.3 is 9.84 Å². The second-order valence-corrected chi connectivity index (χ2v) is 7.54.